The number of aromatic nitrogens is 2. The van der Waals surface area contributed by atoms with Gasteiger partial charge in [0.15, 0.2) is 0 Å². The first-order valence-electron chi connectivity index (χ1n) is 3.79. The molecule has 1 aromatic rings. The molecule has 5 nitrogen and oxygen atoms in total. The lowest BCUT2D eigenvalue weighted by Crippen LogP contribution is -2.06. The van der Waals surface area contributed by atoms with Crippen LogP contribution in [0.4, 0.5) is 17.6 Å². The van der Waals surface area contributed by atoms with Gasteiger partial charge in [-0.05, 0) is 0 Å². The van der Waals surface area contributed by atoms with Crippen molar-refractivity contribution in [2.24, 2.45) is 0 Å². The summed E-state index contributed by atoms with van der Waals surface area (Å²) >= 11 is 0. The maximum atomic E-state index is 5.45. The summed E-state index contributed by atoms with van der Waals surface area (Å²) in [4.78, 5) is 7.64. The van der Waals surface area contributed by atoms with Gasteiger partial charge in [-0.15, -0.1) is 12.3 Å². The van der Waals surface area contributed by atoms with Gasteiger partial charge in [0.25, 0.3) is 0 Å². The predicted molar refractivity (Wildman–Crippen MR) is 52.8 cm³/mol. The second kappa shape index (κ2) is 4.16. The smallest absolute Gasteiger partial charge is 0.223 e. The van der Waals surface area contributed by atoms with Crippen LogP contribution in [0.3, 0.4) is 0 Å². The molecule has 0 saturated heterocycles. The number of nitrogens with two attached hydrogens (primary N) is 2. The third-order valence-electron chi connectivity index (χ3n) is 1.34. The number of anilines is 3. The van der Waals surface area contributed by atoms with Gasteiger partial charge in [0.2, 0.25) is 5.95 Å². The Bertz CT molecular complexity index is 308. The van der Waals surface area contributed by atoms with Crippen LogP contribution in [-0.4, -0.2) is 16.5 Å². The molecule has 5 heteroatoms. The van der Waals surface area contributed by atoms with Gasteiger partial charge in [0.05, 0.1) is 0 Å². The molecule has 0 radical (unpaired) electrons. The molecule has 1 heterocycles. The minimum Gasteiger partial charge on any atom is -0.383 e. The summed E-state index contributed by atoms with van der Waals surface area (Å²) in [6.45, 7) is 0.645. The number of nitrogen functional groups attached to an aromatic ring is 2. The summed E-state index contributed by atoms with van der Waals surface area (Å²) in [6.07, 6.45) is 5.71. The first-order valence-corrected chi connectivity index (χ1v) is 3.79. The first kappa shape index (κ1) is 9.13. The van der Waals surface area contributed by atoms with Crippen LogP contribution < -0.4 is 16.8 Å². The maximum Gasteiger partial charge on any atom is 0.223 e. The molecule has 0 bridgehead atoms. The number of terminal acetylenes is 1. The lowest BCUT2D eigenvalue weighted by Gasteiger charge is -2.04. The summed E-state index contributed by atoms with van der Waals surface area (Å²) in [5.74, 6) is 3.60. The highest BCUT2D eigenvalue weighted by Crippen LogP contribution is 2.08. The Kier molecular flexibility index (Phi) is 2.92. The molecule has 13 heavy (non-hydrogen) atoms. The Morgan fingerprint density at radius 1 is 1.46 bits per heavy atom. The Morgan fingerprint density at radius 3 is 2.85 bits per heavy atom. The van der Waals surface area contributed by atoms with Crippen LogP contribution in [0.15, 0.2) is 6.07 Å². The van der Waals surface area contributed by atoms with E-state index >= 15 is 0 Å². The fraction of sp³-hybridized carbons (Fsp3) is 0.250. The monoisotopic (exact) mass is 177 g/mol. The molecule has 5 N–H and O–H groups in total. The van der Waals surface area contributed by atoms with Gasteiger partial charge < -0.3 is 16.8 Å². The Morgan fingerprint density at radius 2 is 2.23 bits per heavy atom. The van der Waals surface area contributed by atoms with Crippen molar-refractivity contribution in [2.75, 3.05) is 23.3 Å². The summed E-state index contributed by atoms with van der Waals surface area (Å²) in [5.41, 5.74) is 10.8. The first-order chi connectivity index (χ1) is 6.22. The quantitative estimate of drug-likeness (QED) is 0.449. The molecule has 0 aromatic carbocycles. The number of rotatable bonds is 3. The van der Waals surface area contributed by atoms with Crippen LogP contribution in [0.25, 0.3) is 0 Å². The number of nitrogens with zero attached hydrogens (tertiary/aromatic N) is 2. The van der Waals surface area contributed by atoms with Gasteiger partial charge in [0, 0.05) is 19.0 Å². The SMILES string of the molecule is C#CCCNc1cc(N)nc(N)n1. The topological polar surface area (TPSA) is 89.8 Å². The minimum absolute atomic E-state index is 0.156. The van der Waals surface area contributed by atoms with E-state index in [9.17, 15) is 0 Å². The fourth-order valence-corrected chi connectivity index (χ4v) is 0.839. The largest absolute Gasteiger partial charge is 0.383 e. The van der Waals surface area contributed by atoms with Crippen LogP contribution >= 0.6 is 0 Å². The van der Waals surface area contributed by atoms with Crippen LogP contribution in [0.2, 0.25) is 0 Å². The molecule has 0 atom stereocenters. The Hall–Kier alpha value is -1.96. The van der Waals surface area contributed by atoms with E-state index in [1.807, 2.05) is 0 Å². The highest BCUT2D eigenvalue weighted by atomic mass is 15.1. The van der Waals surface area contributed by atoms with Crippen molar-refractivity contribution in [3.8, 4) is 12.3 Å². The second-order valence-electron chi connectivity index (χ2n) is 2.42. The number of hydrogen-bond donors (Lipinski definition) is 3. The van der Waals surface area contributed by atoms with Crippen molar-refractivity contribution < 1.29 is 0 Å². The third-order valence-corrected chi connectivity index (χ3v) is 1.34. The van der Waals surface area contributed by atoms with E-state index in [0.29, 0.717) is 24.6 Å². The molecule has 0 fully saturated rings. The van der Waals surface area contributed by atoms with E-state index in [-0.39, 0.29) is 5.95 Å². The molecule has 1 aromatic heterocycles. The van der Waals surface area contributed by atoms with Crippen molar-refractivity contribution in [1.82, 2.24) is 9.97 Å². The highest BCUT2D eigenvalue weighted by molar-refractivity contribution is 5.48. The normalized spacial score (nSPS) is 9.15. The van der Waals surface area contributed by atoms with E-state index in [4.69, 9.17) is 17.9 Å². The molecule has 0 aliphatic rings. The molecule has 0 spiro atoms. The zero-order chi connectivity index (χ0) is 9.68. The van der Waals surface area contributed by atoms with Gasteiger partial charge in [-0.3, -0.25) is 0 Å². The van der Waals surface area contributed by atoms with Crippen LogP contribution in [0.1, 0.15) is 6.42 Å². The summed E-state index contributed by atoms with van der Waals surface area (Å²) < 4.78 is 0. The van der Waals surface area contributed by atoms with Gasteiger partial charge >= 0.3 is 0 Å². The van der Waals surface area contributed by atoms with E-state index in [2.05, 4.69) is 21.2 Å². The third kappa shape index (κ3) is 2.87. The second-order valence-corrected chi connectivity index (χ2v) is 2.42. The van der Waals surface area contributed by atoms with Gasteiger partial charge in [-0.25, -0.2) is 0 Å². The predicted octanol–water partition coefficient (Wildman–Crippen LogP) is 0.0762. The van der Waals surface area contributed by atoms with Crippen molar-refractivity contribution in [2.45, 2.75) is 6.42 Å². The molecule has 0 aliphatic heterocycles. The lowest BCUT2D eigenvalue weighted by atomic mass is 10.4. The van der Waals surface area contributed by atoms with Crippen molar-refractivity contribution in [3.63, 3.8) is 0 Å². The molecule has 0 aliphatic carbocycles. The van der Waals surface area contributed by atoms with Crippen molar-refractivity contribution >= 4 is 17.6 Å². The number of nitrogens with one attached hydrogen (secondary N) is 1. The van der Waals surface area contributed by atoms with E-state index < -0.39 is 0 Å². The summed E-state index contributed by atoms with van der Waals surface area (Å²) in [6, 6.07) is 1.60. The molecule has 68 valence electrons. The summed E-state index contributed by atoms with van der Waals surface area (Å²) in [7, 11) is 0. The standard InChI is InChI=1S/C8H11N5/c1-2-3-4-11-7-5-6(9)12-8(10)13-7/h1,5H,3-4H2,(H5,9,10,11,12,13). The average Bonchev–Trinajstić information content (AvgIpc) is 2.03. The lowest BCUT2D eigenvalue weighted by molar-refractivity contribution is 1.06. The Balaban J connectivity index is 2.62. The maximum absolute atomic E-state index is 5.45. The van der Waals surface area contributed by atoms with Crippen LogP contribution in [-0.2, 0) is 0 Å². The van der Waals surface area contributed by atoms with Crippen LogP contribution in [0.5, 0.6) is 0 Å². The molecule has 0 amide bonds. The van der Waals surface area contributed by atoms with Gasteiger partial charge in [0.1, 0.15) is 11.6 Å². The Labute approximate surface area is 76.6 Å². The number of hydrogen-bond acceptors (Lipinski definition) is 5. The van der Waals surface area contributed by atoms with Gasteiger partial charge in [-0.1, -0.05) is 0 Å². The fourth-order valence-electron chi connectivity index (χ4n) is 0.839. The van der Waals surface area contributed by atoms with Crippen LogP contribution in [0, 0.1) is 12.3 Å². The molecule has 0 saturated carbocycles. The van der Waals surface area contributed by atoms with Gasteiger partial charge in [-0.2, -0.15) is 9.97 Å². The van der Waals surface area contributed by atoms with E-state index in [0.717, 1.165) is 0 Å². The zero-order valence-electron chi connectivity index (χ0n) is 7.12. The minimum atomic E-state index is 0.156. The summed E-state index contributed by atoms with van der Waals surface area (Å²) in [5, 5.41) is 2.97. The highest BCUT2D eigenvalue weighted by Gasteiger charge is 1.97. The molecular formula is C8H11N5. The zero-order valence-corrected chi connectivity index (χ0v) is 7.12. The molecule has 0 unspecified atom stereocenters. The van der Waals surface area contributed by atoms with Crippen molar-refractivity contribution in [3.05, 3.63) is 6.07 Å². The molecule has 1 rings (SSSR count). The van der Waals surface area contributed by atoms with Crippen molar-refractivity contribution in [1.29, 1.82) is 0 Å². The van der Waals surface area contributed by atoms with E-state index in [1.165, 1.54) is 0 Å². The van der Waals surface area contributed by atoms with E-state index in [1.54, 1.807) is 6.07 Å². The molecular weight excluding hydrogens is 166 g/mol. The average molecular weight is 177 g/mol.